The number of nitrogens with zero attached hydrogens (tertiary/aromatic N) is 8. The number of anilines is 12. The van der Waals surface area contributed by atoms with Crippen LogP contribution in [0.5, 0.6) is 0 Å². The molecule has 0 bridgehead atoms. The normalized spacial score (nSPS) is 15.9. The number of benzene rings is 10. The third-order valence-electron chi connectivity index (χ3n) is 19.1. The van der Waals surface area contributed by atoms with Crippen LogP contribution < -0.4 is 61.1 Å². The van der Waals surface area contributed by atoms with Crippen molar-refractivity contribution in [2.45, 2.75) is 51.9 Å². The molecule has 10 aromatic carbocycles. The lowest BCUT2D eigenvalue weighted by atomic mass is 10.1. The van der Waals surface area contributed by atoms with Crippen LogP contribution >= 0.6 is 0 Å². The van der Waals surface area contributed by atoms with E-state index in [-0.39, 0.29) is 0 Å². The second-order valence-electron chi connectivity index (χ2n) is 25.1. The highest BCUT2D eigenvalue weighted by molar-refractivity contribution is 7.05. The molecular formula is C72H62N8O2Si4. The predicted molar refractivity (Wildman–Crippen MR) is 363 cm³/mol. The third-order valence-corrected chi connectivity index (χ3v) is 34.0. The lowest BCUT2D eigenvalue weighted by molar-refractivity contribution is 0.567. The Morgan fingerprint density at radius 2 is 0.593 bits per heavy atom. The van der Waals surface area contributed by atoms with Crippen LogP contribution in [0.4, 0.5) is 68.9 Å². The molecule has 0 atom stereocenters. The summed E-state index contributed by atoms with van der Waals surface area (Å²) in [5.41, 5.74) is 14.5. The van der Waals surface area contributed by atoms with Crippen molar-refractivity contribution < 1.29 is 8.83 Å². The molecular weight excluding hydrogens is 1120 g/mol. The van der Waals surface area contributed by atoms with Crippen LogP contribution in [-0.2, 0) is 6.04 Å². The SMILES string of the molecule is C[Si]1(C)c2ccccc2N(c2ccc(-c3nnc(-c4ccc(N5c6ccccc6[Si](C)(Cc6ccc7c(c6)[Si](C)(C)c6ccccc6N7c6nnc(N7c8ccccc8[Si](C)(C)c8ccccc87)o6)c6ccccc65)cc4)o3)cc2)c2ccccc21. The molecule has 4 aliphatic rings. The number of rotatable bonds is 8. The van der Waals surface area contributed by atoms with Crippen molar-refractivity contribution in [3.8, 4) is 22.9 Å². The summed E-state index contributed by atoms with van der Waals surface area (Å²) >= 11 is 0. The fraction of sp³-hybridized carbons (Fsp3) is 0.111. The molecule has 14 heteroatoms. The summed E-state index contributed by atoms with van der Waals surface area (Å²) in [5.74, 6) is 0.961. The van der Waals surface area contributed by atoms with E-state index >= 15 is 0 Å². The Bertz CT molecular complexity index is 4540. The Morgan fingerprint density at radius 3 is 0.965 bits per heavy atom. The van der Waals surface area contributed by atoms with Gasteiger partial charge in [-0.1, -0.05) is 196 Å². The number of hydrogen-bond acceptors (Lipinski definition) is 10. The van der Waals surface area contributed by atoms with Crippen LogP contribution in [0, 0.1) is 0 Å². The summed E-state index contributed by atoms with van der Waals surface area (Å²) in [5, 5.41) is 30.0. The summed E-state index contributed by atoms with van der Waals surface area (Å²) in [7, 11) is -8.67. The van der Waals surface area contributed by atoms with Crippen LogP contribution in [0.3, 0.4) is 0 Å². The first-order valence-electron chi connectivity index (χ1n) is 29.7. The van der Waals surface area contributed by atoms with Gasteiger partial charge in [0, 0.05) is 45.3 Å². The molecule has 0 aliphatic carbocycles. The molecule has 0 amide bonds. The van der Waals surface area contributed by atoms with Gasteiger partial charge in [0.05, 0.1) is 22.7 Å². The smallest absolute Gasteiger partial charge is 0.328 e. The van der Waals surface area contributed by atoms with E-state index in [1.165, 1.54) is 69.8 Å². The van der Waals surface area contributed by atoms with Gasteiger partial charge in [-0.25, -0.2) is 0 Å². The maximum absolute atomic E-state index is 6.96. The first kappa shape index (κ1) is 52.1. The van der Waals surface area contributed by atoms with E-state index in [0.29, 0.717) is 23.8 Å². The lowest BCUT2D eigenvalue weighted by Crippen LogP contribution is -2.62. The monoisotopic (exact) mass is 1180 g/mol. The minimum Gasteiger partial charge on any atom is -0.416 e. The number of para-hydroxylation sites is 7. The Hall–Kier alpha value is -9.45. The summed E-state index contributed by atoms with van der Waals surface area (Å²) in [4.78, 5) is 9.21. The average Bonchev–Trinajstić information content (AvgIpc) is 0.997. The predicted octanol–water partition coefficient (Wildman–Crippen LogP) is 13.4. The van der Waals surface area contributed by atoms with Crippen molar-refractivity contribution in [1.82, 2.24) is 20.4 Å². The third kappa shape index (κ3) is 7.79. The Morgan fingerprint density at radius 1 is 0.291 bits per heavy atom. The van der Waals surface area contributed by atoms with E-state index in [1.807, 2.05) is 0 Å². The Labute approximate surface area is 505 Å². The first-order chi connectivity index (χ1) is 41.8. The standard InChI is InChI=1S/C72H62N8O2Si4/c1-83(2)61-29-15-8-22-53(61)77(54-23-9-16-30-62(54)83)51-41-37-49(38-42-51)69-73-74-70(81-69)50-39-43-52(44-40-50)78-58-27-13-20-34-66(58)86(7,67-35-21-14-28-59(67)78)47-48-36-45-60-68(46-48)85(5,6)65-33-19-12-26-57(65)80(60)72-76-75-71(82-72)79-55-24-10-17-31-63(55)84(3,4)64-32-18-11-25-56(64)79/h8-46H,47H2,1-7H3. The topological polar surface area (TPSA) is 90.8 Å². The van der Waals surface area contributed by atoms with Gasteiger partial charge in [-0.05, 0) is 150 Å². The fourth-order valence-electron chi connectivity index (χ4n) is 14.7. The van der Waals surface area contributed by atoms with Crippen LogP contribution in [0.1, 0.15) is 5.56 Å². The Balaban J connectivity index is 0.698. The molecule has 0 saturated carbocycles. The van der Waals surface area contributed by atoms with Crippen LogP contribution in [0.25, 0.3) is 22.9 Å². The Kier molecular flexibility index (Phi) is 11.7. The highest BCUT2D eigenvalue weighted by atomic mass is 28.3. The first-order valence-corrected chi connectivity index (χ1v) is 41.4. The molecule has 10 nitrogen and oxygen atoms in total. The van der Waals surface area contributed by atoms with E-state index in [4.69, 9.17) is 19.0 Å². The van der Waals surface area contributed by atoms with Crippen LogP contribution in [0.2, 0.25) is 45.8 Å². The van der Waals surface area contributed by atoms with Crippen molar-refractivity contribution in [3.63, 3.8) is 0 Å². The molecule has 0 spiro atoms. The molecule has 6 heterocycles. The molecule has 0 fully saturated rings. The molecule has 16 rings (SSSR count). The molecule has 4 aliphatic heterocycles. The van der Waals surface area contributed by atoms with E-state index in [1.54, 1.807) is 0 Å². The molecule has 12 aromatic rings. The maximum Gasteiger partial charge on any atom is 0.328 e. The maximum atomic E-state index is 6.96. The van der Waals surface area contributed by atoms with Gasteiger partial charge < -0.3 is 18.6 Å². The summed E-state index contributed by atoms with van der Waals surface area (Å²) in [6.45, 7) is 17.3. The van der Waals surface area contributed by atoms with Gasteiger partial charge >= 0.3 is 12.0 Å². The molecule has 0 saturated heterocycles. The van der Waals surface area contributed by atoms with Gasteiger partial charge in [-0.3, -0.25) is 9.80 Å². The molecule has 0 N–H and O–H groups in total. The number of fused-ring (bicyclic) bond motifs is 8. The zero-order valence-electron chi connectivity index (χ0n) is 49.1. The largest absolute Gasteiger partial charge is 0.416 e. The second kappa shape index (κ2) is 19.3. The van der Waals surface area contributed by atoms with E-state index in [9.17, 15) is 0 Å². The van der Waals surface area contributed by atoms with Crippen LogP contribution in [-0.4, -0.2) is 52.7 Å². The number of aromatic nitrogens is 4. The van der Waals surface area contributed by atoms with Crippen LogP contribution in [0.15, 0.2) is 245 Å². The van der Waals surface area contributed by atoms with E-state index in [2.05, 4.69) is 312 Å². The van der Waals surface area contributed by atoms with Crippen molar-refractivity contribution in [1.29, 1.82) is 0 Å². The lowest BCUT2D eigenvalue weighted by Gasteiger charge is -2.43. The van der Waals surface area contributed by atoms with Gasteiger partial charge in [-0.2, -0.15) is 0 Å². The molecule has 0 unspecified atom stereocenters. The quantitative estimate of drug-likeness (QED) is 0.137. The van der Waals surface area contributed by atoms with Gasteiger partial charge in [-0.15, -0.1) is 10.2 Å². The van der Waals surface area contributed by atoms with Crippen molar-refractivity contribution in [2.75, 3.05) is 19.6 Å². The van der Waals surface area contributed by atoms with Gasteiger partial charge in [0.15, 0.2) is 0 Å². The summed E-state index contributed by atoms with van der Waals surface area (Å²) < 4.78 is 13.4. The molecule has 86 heavy (non-hydrogen) atoms. The van der Waals surface area contributed by atoms with Crippen molar-refractivity contribution >= 4 is 143 Å². The van der Waals surface area contributed by atoms with Crippen molar-refractivity contribution in [2.24, 2.45) is 0 Å². The van der Waals surface area contributed by atoms with Gasteiger partial charge in [0.25, 0.3) is 0 Å². The molecule has 2 aromatic heterocycles. The molecule has 0 radical (unpaired) electrons. The molecule has 418 valence electrons. The van der Waals surface area contributed by atoms with Gasteiger partial charge in [0.2, 0.25) is 11.8 Å². The number of hydrogen-bond donors (Lipinski definition) is 0. The fourth-order valence-corrected chi connectivity index (χ4v) is 27.8. The average molecular weight is 1180 g/mol. The zero-order valence-corrected chi connectivity index (χ0v) is 53.1. The minimum absolute atomic E-state index is 0.452. The van der Waals surface area contributed by atoms with Gasteiger partial charge in [0.1, 0.15) is 32.3 Å². The van der Waals surface area contributed by atoms with E-state index in [0.717, 1.165) is 51.3 Å². The summed E-state index contributed by atoms with van der Waals surface area (Å²) in [6, 6.07) is 88.2. The summed E-state index contributed by atoms with van der Waals surface area (Å²) in [6.07, 6.45) is 0. The minimum atomic E-state index is -2.48. The zero-order chi connectivity index (χ0) is 58.3. The highest BCUT2D eigenvalue weighted by Crippen LogP contribution is 2.45. The highest BCUT2D eigenvalue weighted by Gasteiger charge is 2.46. The second-order valence-corrected chi connectivity index (χ2v) is 42.1. The van der Waals surface area contributed by atoms with Crippen molar-refractivity contribution in [3.05, 3.63) is 242 Å². The van der Waals surface area contributed by atoms with E-state index < -0.39 is 32.3 Å².